The Balaban J connectivity index is 1.61. The summed E-state index contributed by atoms with van der Waals surface area (Å²) in [7, 11) is -0.782. The van der Waals surface area contributed by atoms with Gasteiger partial charge in [-0.25, -0.2) is 8.70 Å². The van der Waals surface area contributed by atoms with Crippen molar-refractivity contribution in [2.45, 2.75) is 83.2 Å². The van der Waals surface area contributed by atoms with Crippen LogP contribution in [0.2, 0.25) is 0 Å². The zero-order valence-corrected chi connectivity index (χ0v) is 24.3. The van der Waals surface area contributed by atoms with E-state index in [-0.39, 0.29) is 30.6 Å². The van der Waals surface area contributed by atoms with Crippen LogP contribution in [-0.2, 0) is 15.1 Å². The van der Waals surface area contributed by atoms with Crippen LogP contribution in [0.5, 0.6) is 5.88 Å². The van der Waals surface area contributed by atoms with Crippen molar-refractivity contribution in [3.05, 3.63) is 47.8 Å². The highest BCUT2D eigenvalue weighted by atomic mass is 32.2. The number of hydrogen-bond donors (Lipinski definition) is 0. The summed E-state index contributed by atoms with van der Waals surface area (Å²) in [5.41, 5.74) is -0.458. The maximum atomic E-state index is 14.4. The average Bonchev–Trinajstić information content (AvgIpc) is 3.03. The van der Waals surface area contributed by atoms with E-state index in [1.54, 1.807) is 28.6 Å². The normalized spacial score (nSPS) is 21.9. The zero-order chi connectivity index (χ0) is 28.8. The second-order valence-electron chi connectivity index (χ2n) is 11.9. The molecule has 2 fully saturated rings. The molecule has 0 saturated carbocycles. The first kappa shape index (κ1) is 30.0. The van der Waals surface area contributed by atoms with E-state index in [0.29, 0.717) is 17.8 Å². The molecule has 3 heterocycles. The van der Waals surface area contributed by atoms with Gasteiger partial charge in [-0.05, 0) is 77.7 Å². The number of halogens is 4. The van der Waals surface area contributed by atoms with Gasteiger partial charge in [0.15, 0.2) is 0 Å². The summed E-state index contributed by atoms with van der Waals surface area (Å²) in [6.07, 6.45) is -4.50. The van der Waals surface area contributed by atoms with Crippen molar-refractivity contribution < 1.29 is 31.6 Å². The molecule has 0 spiro atoms. The summed E-state index contributed by atoms with van der Waals surface area (Å²) >= 11 is 1.31. The Hall–Kier alpha value is -2.02. The molecular formula is C27H36BF4N3O3S. The van der Waals surface area contributed by atoms with Crippen molar-refractivity contribution in [2.75, 3.05) is 24.5 Å². The van der Waals surface area contributed by atoms with Gasteiger partial charge in [-0.3, -0.25) is 0 Å². The van der Waals surface area contributed by atoms with Crippen molar-refractivity contribution in [3.63, 3.8) is 0 Å². The van der Waals surface area contributed by atoms with E-state index in [4.69, 9.17) is 14.0 Å². The van der Waals surface area contributed by atoms with Crippen LogP contribution in [0.1, 0.15) is 54.0 Å². The summed E-state index contributed by atoms with van der Waals surface area (Å²) < 4.78 is 76.5. The first-order valence-electron chi connectivity index (χ1n) is 13.0. The van der Waals surface area contributed by atoms with Crippen LogP contribution in [0.15, 0.2) is 36.4 Å². The highest BCUT2D eigenvalue weighted by molar-refractivity contribution is 7.96. The number of nitrogens with zero attached hydrogens (tertiary/aromatic N) is 3. The van der Waals surface area contributed by atoms with Gasteiger partial charge in [0.1, 0.15) is 23.3 Å². The average molecular weight is 569 g/mol. The third-order valence-electron chi connectivity index (χ3n) is 7.09. The SMILES string of the molecule is CC(C)(C)Oc1cc(B2OC(C)(C)C(C)(C)O2)cc(N2CCN(SCc3ccc(F)cc3)CC2C(F)(F)F)n1. The van der Waals surface area contributed by atoms with Gasteiger partial charge in [-0.1, -0.05) is 24.1 Å². The third-order valence-corrected chi connectivity index (χ3v) is 8.25. The number of anilines is 1. The Morgan fingerprint density at radius 3 is 2.21 bits per heavy atom. The van der Waals surface area contributed by atoms with Crippen LogP contribution in [-0.4, -0.2) is 65.1 Å². The number of aromatic nitrogens is 1. The molecule has 1 atom stereocenters. The van der Waals surface area contributed by atoms with Crippen molar-refractivity contribution in [1.82, 2.24) is 9.29 Å². The molecule has 4 rings (SSSR count). The summed E-state index contributed by atoms with van der Waals surface area (Å²) in [6.45, 7) is 13.5. The predicted octanol–water partition coefficient (Wildman–Crippen LogP) is 5.60. The zero-order valence-electron chi connectivity index (χ0n) is 23.4. The monoisotopic (exact) mass is 569 g/mol. The van der Waals surface area contributed by atoms with E-state index < -0.39 is 36.1 Å². The van der Waals surface area contributed by atoms with E-state index in [1.165, 1.54) is 29.0 Å². The lowest BCUT2D eigenvalue weighted by molar-refractivity contribution is -0.153. The summed E-state index contributed by atoms with van der Waals surface area (Å²) in [5, 5.41) is 0. The lowest BCUT2D eigenvalue weighted by atomic mass is 9.79. The minimum atomic E-state index is -4.50. The second-order valence-corrected chi connectivity index (χ2v) is 13.0. The molecule has 0 aliphatic carbocycles. The Bertz CT molecular complexity index is 1140. The van der Waals surface area contributed by atoms with Gasteiger partial charge in [0.25, 0.3) is 0 Å². The van der Waals surface area contributed by atoms with E-state index in [9.17, 15) is 17.6 Å². The quantitative estimate of drug-likeness (QED) is 0.255. The number of piperazine rings is 1. The van der Waals surface area contributed by atoms with Crippen molar-refractivity contribution in [2.24, 2.45) is 0 Å². The number of pyridine rings is 1. The maximum absolute atomic E-state index is 14.4. The molecule has 39 heavy (non-hydrogen) atoms. The first-order valence-corrected chi connectivity index (χ1v) is 13.9. The van der Waals surface area contributed by atoms with Gasteiger partial charge in [0.2, 0.25) is 5.88 Å². The number of alkyl halides is 3. The molecule has 1 unspecified atom stereocenters. The largest absolute Gasteiger partial charge is 0.495 e. The fraction of sp³-hybridized carbons (Fsp3) is 0.593. The fourth-order valence-corrected chi connectivity index (χ4v) is 5.30. The van der Waals surface area contributed by atoms with E-state index >= 15 is 0 Å². The highest BCUT2D eigenvalue weighted by Gasteiger charge is 2.52. The van der Waals surface area contributed by atoms with Crippen LogP contribution in [0.25, 0.3) is 0 Å². The minimum absolute atomic E-state index is 0.107. The Labute approximate surface area is 232 Å². The Kier molecular flexibility index (Phi) is 8.26. The fourth-order valence-electron chi connectivity index (χ4n) is 4.32. The standard InChI is InChI=1S/C27H36BF4N3O3S/c1-24(2,3)36-23-15-19(28-37-25(4,5)26(6,7)38-28)14-22(33-23)35-13-12-34(16-21(35)27(30,31)32)39-17-18-8-10-20(29)11-9-18/h8-11,14-15,21H,12-13,16-17H2,1-7H3. The van der Waals surface area contributed by atoms with Crippen LogP contribution in [0.3, 0.4) is 0 Å². The topological polar surface area (TPSA) is 47.1 Å². The smallest absolute Gasteiger partial charge is 0.472 e. The van der Waals surface area contributed by atoms with Gasteiger partial charge in [-0.2, -0.15) is 18.2 Å². The summed E-state index contributed by atoms with van der Waals surface area (Å²) in [4.78, 5) is 5.80. The van der Waals surface area contributed by atoms with Gasteiger partial charge in [0.05, 0.1) is 11.2 Å². The lowest BCUT2D eigenvalue weighted by Crippen LogP contribution is -2.58. The van der Waals surface area contributed by atoms with Crippen LogP contribution in [0.4, 0.5) is 23.4 Å². The van der Waals surface area contributed by atoms with Crippen LogP contribution >= 0.6 is 11.9 Å². The van der Waals surface area contributed by atoms with Gasteiger partial charge >= 0.3 is 13.3 Å². The molecule has 1 aromatic heterocycles. The molecule has 0 bridgehead atoms. The summed E-state index contributed by atoms with van der Waals surface area (Å²) in [6, 6.07) is 7.48. The van der Waals surface area contributed by atoms with Gasteiger partial charge < -0.3 is 18.9 Å². The highest BCUT2D eigenvalue weighted by Crippen LogP contribution is 2.38. The molecule has 2 aromatic rings. The number of hydrogen-bond acceptors (Lipinski definition) is 7. The molecule has 0 amide bonds. The second kappa shape index (κ2) is 10.8. The van der Waals surface area contributed by atoms with Crippen molar-refractivity contribution in [1.29, 1.82) is 0 Å². The molecule has 1 aromatic carbocycles. The molecule has 2 aliphatic heterocycles. The minimum Gasteiger partial charge on any atom is -0.472 e. The lowest BCUT2D eigenvalue weighted by Gasteiger charge is -2.42. The maximum Gasteiger partial charge on any atom is 0.495 e. The third kappa shape index (κ3) is 7.20. The molecule has 0 N–H and O–H groups in total. The number of rotatable bonds is 6. The van der Waals surface area contributed by atoms with E-state index in [1.807, 2.05) is 48.5 Å². The molecule has 6 nitrogen and oxygen atoms in total. The Morgan fingerprint density at radius 2 is 1.64 bits per heavy atom. The molecule has 214 valence electrons. The van der Waals surface area contributed by atoms with Gasteiger partial charge in [-0.15, -0.1) is 0 Å². The van der Waals surface area contributed by atoms with E-state index in [0.717, 1.165) is 5.56 Å². The van der Waals surface area contributed by atoms with Crippen LogP contribution in [0, 0.1) is 5.82 Å². The molecular weight excluding hydrogens is 533 g/mol. The molecule has 2 saturated heterocycles. The molecule has 2 aliphatic rings. The Morgan fingerprint density at radius 1 is 1.03 bits per heavy atom. The number of ether oxygens (including phenoxy) is 1. The number of benzene rings is 1. The summed E-state index contributed by atoms with van der Waals surface area (Å²) in [5.74, 6) is 0.467. The first-order chi connectivity index (χ1) is 17.9. The molecule has 0 radical (unpaired) electrons. The van der Waals surface area contributed by atoms with E-state index in [2.05, 4.69) is 4.98 Å². The molecule has 12 heteroatoms. The predicted molar refractivity (Wildman–Crippen MR) is 147 cm³/mol. The van der Waals surface area contributed by atoms with Crippen LogP contribution < -0.4 is 15.1 Å². The van der Waals surface area contributed by atoms with Gasteiger partial charge in [0, 0.05) is 31.5 Å². The van der Waals surface area contributed by atoms with Crippen molar-refractivity contribution in [3.8, 4) is 5.88 Å². The van der Waals surface area contributed by atoms with Crippen molar-refractivity contribution >= 4 is 30.3 Å².